The number of amides is 1. The number of benzene rings is 1. The van der Waals surface area contributed by atoms with Gasteiger partial charge in [-0.3, -0.25) is 4.79 Å². The number of ether oxygens (including phenoxy) is 1. The van der Waals surface area contributed by atoms with Crippen molar-refractivity contribution in [3.63, 3.8) is 0 Å². The summed E-state index contributed by atoms with van der Waals surface area (Å²) in [6.45, 7) is 7.88. The quantitative estimate of drug-likeness (QED) is 0.794. The molecule has 0 aliphatic heterocycles. The van der Waals surface area contributed by atoms with Gasteiger partial charge in [0.05, 0.1) is 6.04 Å². The van der Waals surface area contributed by atoms with Gasteiger partial charge in [0, 0.05) is 19.6 Å². The van der Waals surface area contributed by atoms with Gasteiger partial charge >= 0.3 is 0 Å². The van der Waals surface area contributed by atoms with Crippen LogP contribution in [0.3, 0.4) is 0 Å². The number of nitrogens with one attached hydrogen (secondary N) is 1. The maximum Gasteiger partial charge on any atom is 0.239 e. The van der Waals surface area contributed by atoms with E-state index in [0.717, 1.165) is 18.7 Å². The van der Waals surface area contributed by atoms with Gasteiger partial charge in [-0.1, -0.05) is 12.1 Å². The Morgan fingerprint density at radius 2 is 2.14 bits per heavy atom. The van der Waals surface area contributed by atoms with E-state index in [4.69, 9.17) is 10.00 Å². The number of carbonyl (C=O) groups is 1. The van der Waals surface area contributed by atoms with Gasteiger partial charge in [-0.2, -0.15) is 5.26 Å². The first-order valence-electron chi connectivity index (χ1n) is 7.23. The lowest BCUT2D eigenvalue weighted by atomic mass is 10.2. The number of rotatable bonds is 8. The monoisotopic (exact) mass is 289 g/mol. The normalized spacial score (nSPS) is 11.5. The highest BCUT2D eigenvalue weighted by molar-refractivity contribution is 5.81. The van der Waals surface area contributed by atoms with Crippen LogP contribution in [0, 0.1) is 11.3 Å². The summed E-state index contributed by atoms with van der Waals surface area (Å²) >= 11 is 0. The molecule has 0 fully saturated rings. The zero-order valence-corrected chi connectivity index (χ0v) is 12.9. The molecule has 1 rings (SSSR count). The highest BCUT2D eigenvalue weighted by Crippen LogP contribution is 2.13. The number of hydrogen-bond donors (Lipinski definition) is 1. The summed E-state index contributed by atoms with van der Waals surface area (Å²) in [5.74, 6) is 0.774. The molecule has 1 aromatic carbocycles. The molecule has 0 heterocycles. The standard InChI is InChI=1S/C16H23N3O2/c1-4-19(5-2)16(20)13(3)18-12-14-7-6-8-15(11-14)21-10-9-17/h6-8,11,13,18H,4-5,10,12H2,1-3H3. The summed E-state index contributed by atoms with van der Waals surface area (Å²) in [5, 5.41) is 11.7. The largest absolute Gasteiger partial charge is 0.479 e. The summed E-state index contributed by atoms with van der Waals surface area (Å²) in [6.07, 6.45) is 0. The molecule has 1 atom stereocenters. The number of hydrogen-bond acceptors (Lipinski definition) is 4. The van der Waals surface area contributed by atoms with Crippen LogP contribution in [0.2, 0.25) is 0 Å². The Hall–Kier alpha value is -2.06. The maximum absolute atomic E-state index is 12.1. The molecule has 0 saturated heterocycles. The van der Waals surface area contributed by atoms with Gasteiger partial charge in [0.1, 0.15) is 11.8 Å². The fourth-order valence-electron chi connectivity index (χ4n) is 2.03. The molecule has 5 nitrogen and oxygen atoms in total. The molecular weight excluding hydrogens is 266 g/mol. The zero-order valence-electron chi connectivity index (χ0n) is 12.9. The number of nitrogens with zero attached hydrogens (tertiary/aromatic N) is 2. The summed E-state index contributed by atoms with van der Waals surface area (Å²) < 4.78 is 5.26. The van der Waals surface area contributed by atoms with E-state index in [1.807, 2.05) is 56.0 Å². The lowest BCUT2D eigenvalue weighted by Gasteiger charge is -2.23. The minimum absolute atomic E-state index is 0.0354. The average molecular weight is 289 g/mol. The van der Waals surface area contributed by atoms with Crippen molar-refractivity contribution in [2.24, 2.45) is 0 Å². The zero-order chi connectivity index (χ0) is 15.7. The van der Waals surface area contributed by atoms with E-state index in [9.17, 15) is 4.79 Å². The summed E-state index contributed by atoms with van der Waals surface area (Å²) in [6, 6.07) is 9.23. The van der Waals surface area contributed by atoms with Crippen LogP contribution in [0.25, 0.3) is 0 Å². The topological polar surface area (TPSA) is 65.4 Å². The van der Waals surface area contributed by atoms with Crippen molar-refractivity contribution >= 4 is 5.91 Å². The first-order valence-corrected chi connectivity index (χ1v) is 7.23. The highest BCUT2D eigenvalue weighted by Gasteiger charge is 2.17. The Kier molecular flexibility index (Phi) is 7.27. The number of likely N-dealkylation sites (N-methyl/N-ethyl adjacent to an activating group) is 1. The van der Waals surface area contributed by atoms with E-state index >= 15 is 0 Å². The predicted octanol–water partition coefficient (Wildman–Crippen LogP) is 1.94. The van der Waals surface area contributed by atoms with E-state index in [0.29, 0.717) is 12.3 Å². The fourth-order valence-corrected chi connectivity index (χ4v) is 2.03. The van der Waals surface area contributed by atoms with E-state index < -0.39 is 0 Å². The molecular formula is C16H23N3O2. The van der Waals surface area contributed by atoms with E-state index in [1.165, 1.54) is 0 Å². The van der Waals surface area contributed by atoms with E-state index in [-0.39, 0.29) is 18.6 Å². The van der Waals surface area contributed by atoms with Gasteiger partial charge in [-0.15, -0.1) is 0 Å². The Bertz CT molecular complexity index is 493. The second kappa shape index (κ2) is 8.98. The first kappa shape index (κ1) is 17.0. The van der Waals surface area contributed by atoms with Crippen molar-refractivity contribution in [1.29, 1.82) is 5.26 Å². The van der Waals surface area contributed by atoms with Gasteiger partial charge in [0.2, 0.25) is 5.91 Å². The van der Waals surface area contributed by atoms with Crippen LogP contribution in [0.1, 0.15) is 26.3 Å². The van der Waals surface area contributed by atoms with Gasteiger partial charge in [-0.25, -0.2) is 0 Å². The molecule has 1 N–H and O–H groups in total. The Labute approximate surface area is 126 Å². The molecule has 0 aromatic heterocycles. The second-order valence-corrected chi connectivity index (χ2v) is 4.71. The summed E-state index contributed by atoms with van der Waals surface area (Å²) in [4.78, 5) is 13.9. The molecule has 1 aromatic rings. The van der Waals surface area contributed by atoms with E-state index in [2.05, 4.69) is 5.32 Å². The summed E-state index contributed by atoms with van der Waals surface area (Å²) in [5.41, 5.74) is 1.02. The van der Waals surface area contributed by atoms with E-state index in [1.54, 1.807) is 0 Å². The minimum atomic E-state index is -0.228. The molecule has 1 unspecified atom stereocenters. The third kappa shape index (κ3) is 5.44. The lowest BCUT2D eigenvalue weighted by molar-refractivity contribution is -0.132. The third-order valence-electron chi connectivity index (χ3n) is 3.26. The third-order valence-corrected chi connectivity index (χ3v) is 3.26. The molecule has 1 amide bonds. The molecule has 0 radical (unpaired) electrons. The lowest BCUT2D eigenvalue weighted by Crippen LogP contribution is -2.44. The minimum Gasteiger partial charge on any atom is -0.479 e. The average Bonchev–Trinajstić information content (AvgIpc) is 2.52. The Morgan fingerprint density at radius 3 is 2.76 bits per heavy atom. The van der Waals surface area contributed by atoms with Crippen molar-refractivity contribution in [2.45, 2.75) is 33.4 Å². The van der Waals surface area contributed by atoms with Crippen LogP contribution < -0.4 is 10.1 Å². The maximum atomic E-state index is 12.1. The molecule has 0 saturated carbocycles. The van der Waals surface area contributed by atoms with Crippen molar-refractivity contribution in [1.82, 2.24) is 10.2 Å². The van der Waals surface area contributed by atoms with Crippen molar-refractivity contribution in [3.8, 4) is 11.8 Å². The summed E-state index contributed by atoms with van der Waals surface area (Å²) in [7, 11) is 0. The van der Waals surface area contributed by atoms with Gasteiger partial charge < -0.3 is 15.0 Å². The Morgan fingerprint density at radius 1 is 1.43 bits per heavy atom. The van der Waals surface area contributed by atoms with Gasteiger partial charge in [-0.05, 0) is 38.5 Å². The predicted molar refractivity (Wildman–Crippen MR) is 81.8 cm³/mol. The SMILES string of the molecule is CCN(CC)C(=O)C(C)NCc1cccc(OCC#N)c1. The number of nitriles is 1. The number of carbonyl (C=O) groups excluding carboxylic acids is 1. The smallest absolute Gasteiger partial charge is 0.239 e. The van der Waals surface area contributed by atoms with Crippen molar-refractivity contribution in [2.75, 3.05) is 19.7 Å². The second-order valence-electron chi connectivity index (χ2n) is 4.71. The molecule has 114 valence electrons. The van der Waals surface area contributed by atoms with Crippen LogP contribution in [-0.2, 0) is 11.3 Å². The molecule has 21 heavy (non-hydrogen) atoms. The van der Waals surface area contributed by atoms with Crippen LogP contribution in [0.15, 0.2) is 24.3 Å². The van der Waals surface area contributed by atoms with Gasteiger partial charge in [0.25, 0.3) is 0 Å². The van der Waals surface area contributed by atoms with Crippen molar-refractivity contribution < 1.29 is 9.53 Å². The fraction of sp³-hybridized carbons (Fsp3) is 0.500. The van der Waals surface area contributed by atoms with Crippen LogP contribution in [0.4, 0.5) is 0 Å². The molecule has 0 bridgehead atoms. The highest BCUT2D eigenvalue weighted by atomic mass is 16.5. The molecule has 0 spiro atoms. The van der Waals surface area contributed by atoms with Crippen LogP contribution in [0.5, 0.6) is 5.75 Å². The van der Waals surface area contributed by atoms with Gasteiger partial charge in [0.15, 0.2) is 6.61 Å². The molecule has 0 aliphatic carbocycles. The molecule has 5 heteroatoms. The van der Waals surface area contributed by atoms with Crippen LogP contribution >= 0.6 is 0 Å². The van der Waals surface area contributed by atoms with Crippen LogP contribution in [-0.4, -0.2) is 36.5 Å². The molecule has 0 aliphatic rings. The van der Waals surface area contributed by atoms with Crippen molar-refractivity contribution in [3.05, 3.63) is 29.8 Å². The Balaban J connectivity index is 2.54. The first-order chi connectivity index (χ1) is 10.1.